The minimum absolute atomic E-state index is 0.0128. The third-order valence-electron chi connectivity index (χ3n) is 3.95. The van der Waals surface area contributed by atoms with Crippen molar-refractivity contribution in [2.45, 2.75) is 58.0 Å². The molecule has 1 aliphatic carbocycles. The lowest BCUT2D eigenvalue weighted by Crippen LogP contribution is -2.32. The molecule has 1 saturated carbocycles. The van der Waals surface area contributed by atoms with Crippen LogP contribution in [0.1, 0.15) is 51.0 Å². The van der Waals surface area contributed by atoms with Crippen LogP contribution in [0.5, 0.6) is 0 Å². The van der Waals surface area contributed by atoms with E-state index in [4.69, 9.17) is 0 Å². The molecule has 1 aromatic carbocycles. The fourth-order valence-electron chi connectivity index (χ4n) is 2.57. The first-order valence-electron chi connectivity index (χ1n) is 8.24. The number of carbonyl (C=O) groups excluding carboxylic acids is 2. The van der Waals surface area contributed by atoms with E-state index in [0.29, 0.717) is 19.0 Å². The first kappa shape index (κ1) is 16.5. The van der Waals surface area contributed by atoms with Crippen LogP contribution in [0.25, 0.3) is 0 Å². The van der Waals surface area contributed by atoms with E-state index in [1.54, 1.807) is 0 Å². The molecule has 0 spiro atoms. The maximum atomic E-state index is 12.4. The molecule has 0 aromatic heterocycles. The molecule has 0 bridgehead atoms. The van der Waals surface area contributed by atoms with Crippen molar-refractivity contribution in [3.63, 3.8) is 0 Å². The van der Waals surface area contributed by atoms with Gasteiger partial charge in [-0.2, -0.15) is 0 Å². The third kappa shape index (κ3) is 5.88. The number of benzene rings is 1. The molecule has 1 N–H and O–H groups in total. The Morgan fingerprint density at radius 3 is 2.50 bits per heavy atom. The Balaban J connectivity index is 1.70. The molecule has 0 aliphatic heterocycles. The summed E-state index contributed by atoms with van der Waals surface area (Å²) < 4.78 is 0. The topological polar surface area (TPSA) is 49.4 Å². The highest BCUT2D eigenvalue weighted by molar-refractivity contribution is 5.76. The molecule has 4 nitrogen and oxygen atoms in total. The van der Waals surface area contributed by atoms with Crippen LogP contribution in [0.2, 0.25) is 0 Å². The van der Waals surface area contributed by atoms with Gasteiger partial charge in [-0.25, -0.2) is 0 Å². The Bertz CT molecular complexity index is 483. The summed E-state index contributed by atoms with van der Waals surface area (Å²) in [6, 6.07) is 10.7. The first-order chi connectivity index (χ1) is 10.7. The highest BCUT2D eigenvalue weighted by Crippen LogP contribution is 2.29. The fraction of sp³-hybridized carbons (Fsp3) is 0.556. The monoisotopic (exact) mass is 302 g/mol. The number of hydrogen-bond donors (Lipinski definition) is 1. The smallest absolute Gasteiger partial charge is 0.223 e. The van der Waals surface area contributed by atoms with Crippen molar-refractivity contribution in [2.75, 3.05) is 6.54 Å². The van der Waals surface area contributed by atoms with E-state index in [1.807, 2.05) is 23.1 Å². The van der Waals surface area contributed by atoms with Gasteiger partial charge >= 0.3 is 0 Å². The number of amides is 2. The van der Waals surface area contributed by atoms with Crippen molar-refractivity contribution in [3.05, 3.63) is 35.9 Å². The van der Waals surface area contributed by atoms with Gasteiger partial charge in [-0.15, -0.1) is 0 Å². The molecule has 4 heteroatoms. The van der Waals surface area contributed by atoms with Crippen molar-refractivity contribution in [1.29, 1.82) is 0 Å². The van der Waals surface area contributed by atoms with Crippen LogP contribution in [-0.2, 0) is 16.1 Å². The van der Waals surface area contributed by atoms with Crippen LogP contribution in [-0.4, -0.2) is 29.3 Å². The lowest BCUT2D eigenvalue weighted by molar-refractivity contribution is -0.132. The first-order valence-corrected chi connectivity index (χ1v) is 8.24. The fourth-order valence-corrected chi connectivity index (χ4v) is 2.57. The summed E-state index contributed by atoms with van der Waals surface area (Å²) in [5.41, 5.74) is 1.20. The lowest BCUT2D eigenvalue weighted by Gasteiger charge is -2.22. The van der Waals surface area contributed by atoms with Gasteiger partial charge in [0, 0.05) is 32.5 Å². The second-order valence-electron chi connectivity index (χ2n) is 6.03. The van der Waals surface area contributed by atoms with Gasteiger partial charge in [0.1, 0.15) is 0 Å². The Kier molecular flexibility index (Phi) is 6.44. The van der Waals surface area contributed by atoms with E-state index in [2.05, 4.69) is 17.4 Å². The zero-order valence-corrected chi connectivity index (χ0v) is 13.4. The van der Waals surface area contributed by atoms with Gasteiger partial charge < -0.3 is 10.2 Å². The zero-order chi connectivity index (χ0) is 15.8. The van der Waals surface area contributed by atoms with Gasteiger partial charge in [0.25, 0.3) is 0 Å². The van der Waals surface area contributed by atoms with Gasteiger partial charge in [0.15, 0.2) is 0 Å². The highest BCUT2D eigenvalue weighted by atomic mass is 16.2. The summed E-state index contributed by atoms with van der Waals surface area (Å²) >= 11 is 0. The van der Waals surface area contributed by atoms with E-state index < -0.39 is 0 Å². The molecule has 1 aromatic rings. The predicted molar refractivity (Wildman–Crippen MR) is 87.2 cm³/mol. The molecule has 120 valence electrons. The van der Waals surface area contributed by atoms with Crippen LogP contribution >= 0.6 is 0 Å². The molecule has 22 heavy (non-hydrogen) atoms. The largest absolute Gasteiger partial charge is 0.356 e. The molecule has 2 amide bonds. The van der Waals surface area contributed by atoms with Crippen LogP contribution in [0.3, 0.4) is 0 Å². The molecule has 2 rings (SSSR count). The number of unbranched alkanes of at least 4 members (excludes halogenated alkanes) is 2. The van der Waals surface area contributed by atoms with Gasteiger partial charge in [0.05, 0.1) is 0 Å². The summed E-state index contributed by atoms with van der Waals surface area (Å²) in [5, 5.41) is 2.78. The van der Waals surface area contributed by atoms with Crippen LogP contribution < -0.4 is 5.32 Å². The van der Waals surface area contributed by atoms with Gasteiger partial charge in [-0.1, -0.05) is 36.8 Å². The normalized spacial score (nSPS) is 13.7. The Labute approximate surface area is 132 Å². The second-order valence-corrected chi connectivity index (χ2v) is 6.03. The predicted octanol–water partition coefficient (Wildman–Crippen LogP) is 2.87. The van der Waals surface area contributed by atoms with Crippen molar-refractivity contribution in [3.8, 4) is 0 Å². The number of hydrogen-bond acceptors (Lipinski definition) is 2. The maximum absolute atomic E-state index is 12.4. The van der Waals surface area contributed by atoms with Gasteiger partial charge in [-0.3, -0.25) is 9.59 Å². The third-order valence-corrected chi connectivity index (χ3v) is 3.95. The van der Waals surface area contributed by atoms with E-state index >= 15 is 0 Å². The Hall–Kier alpha value is -1.84. The van der Waals surface area contributed by atoms with Crippen LogP contribution in [0.4, 0.5) is 0 Å². The van der Waals surface area contributed by atoms with Crippen molar-refractivity contribution in [2.24, 2.45) is 0 Å². The minimum Gasteiger partial charge on any atom is -0.356 e. The second kappa shape index (κ2) is 8.57. The summed E-state index contributed by atoms with van der Waals surface area (Å²) in [6.45, 7) is 2.97. The average Bonchev–Trinajstić information content (AvgIpc) is 3.33. The molecular formula is C18H26N2O2. The molecule has 0 heterocycles. The molecule has 1 aliphatic rings. The summed E-state index contributed by atoms with van der Waals surface area (Å²) in [7, 11) is 0. The lowest BCUT2D eigenvalue weighted by atomic mass is 10.1. The van der Waals surface area contributed by atoms with E-state index in [1.165, 1.54) is 12.5 Å². The Morgan fingerprint density at radius 2 is 1.86 bits per heavy atom. The molecule has 0 atom stereocenters. The Morgan fingerprint density at radius 1 is 1.14 bits per heavy atom. The zero-order valence-electron chi connectivity index (χ0n) is 13.4. The number of rotatable bonds is 9. The van der Waals surface area contributed by atoms with Gasteiger partial charge in [0.2, 0.25) is 11.8 Å². The maximum Gasteiger partial charge on any atom is 0.223 e. The highest BCUT2D eigenvalue weighted by Gasteiger charge is 2.31. The standard InChI is InChI=1S/C18H26N2O2/c1-15(21)19-13-7-3-6-10-18(22)20(17-11-12-17)14-16-8-4-2-5-9-16/h2,4-5,8-9,17H,3,6-7,10-14H2,1H3,(H,19,21). The van der Waals surface area contributed by atoms with E-state index in [9.17, 15) is 9.59 Å². The van der Waals surface area contributed by atoms with Crippen molar-refractivity contribution < 1.29 is 9.59 Å². The van der Waals surface area contributed by atoms with Crippen LogP contribution in [0, 0.1) is 0 Å². The molecule has 1 fully saturated rings. The van der Waals surface area contributed by atoms with Crippen molar-refractivity contribution in [1.82, 2.24) is 10.2 Å². The molecule has 0 saturated heterocycles. The van der Waals surface area contributed by atoms with Crippen molar-refractivity contribution >= 4 is 11.8 Å². The molecular weight excluding hydrogens is 276 g/mol. The average molecular weight is 302 g/mol. The number of nitrogens with zero attached hydrogens (tertiary/aromatic N) is 1. The summed E-state index contributed by atoms with van der Waals surface area (Å²) in [6.07, 6.45) is 5.72. The summed E-state index contributed by atoms with van der Waals surface area (Å²) in [4.78, 5) is 25.2. The molecule has 0 unspecified atom stereocenters. The van der Waals surface area contributed by atoms with E-state index in [-0.39, 0.29) is 11.8 Å². The number of carbonyl (C=O) groups is 2. The SMILES string of the molecule is CC(=O)NCCCCCC(=O)N(Cc1ccccc1)C1CC1. The van der Waals surface area contributed by atoms with Crippen LogP contribution in [0.15, 0.2) is 30.3 Å². The van der Waals surface area contributed by atoms with Gasteiger partial charge in [-0.05, 0) is 31.2 Å². The quantitative estimate of drug-likeness (QED) is 0.713. The van der Waals surface area contributed by atoms with E-state index in [0.717, 1.165) is 38.6 Å². The minimum atomic E-state index is 0.0128. The summed E-state index contributed by atoms with van der Waals surface area (Å²) in [5.74, 6) is 0.282. The molecule has 0 radical (unpaired) electrons. The number of nitrogens with one attached hydrogen (secondary N) is 1.